The van der Waals surface area contributed by atoms with Gasteiger partial charge in [-0.25, -0.2) is 0 Å². The highest BCUT2D eigenvalue weighted by Gasteiger charge is 2.67. The van der Waals surface area contributed by atoms with E-state index in [-0.39, 0.29) is 35.8 Å². The highest BCUT2D eigenvalue weighted by atomic mass is 16.5. The molecule has 1 aromatic rings. The van der Waals surface area contributed by atoms with Crippen molar-refractivity contribution in [3.8, 4) is 5.75 Å². The molecule has 5 rings (SSSR count). The molecular formula is C21H24N2O4. The van der Waals surface area contributed by atoms with Crippen molar-refractivity contribution in [2.45, 2.75) is 37.5 Å². The van der Waals surface area contributed by atoms with Gasteiger partial charge in [0, 0.05) is 25.8 Å². The largest absolute Gasteiger partial charge is 0.508 e. The Morgan fingerprint density at radius 2 is 2.22 bits per heavy atom. The zero-order valence-electron chi connectivity index (χ0n) is 15.8. The van der Waals surface area contributed by atoms with Crippen molar-refractivity contribution in [3.63, 3.8) is 0 Å². The Kier molecular flexibility index (Phi) is 3.55. The molecule has 3 aliphatic heterocycles. The molecule has 3 bridgehead atoms. The molecule has 27 heavy (non-hydrogen) atoms. The number of allylic oxidation sites excluding steroid dienone is 1. The lowest BCUT2D eigenvalue weighted by Crippen LogP contribution is -2.71. The zero-order valence-corrected chi connectivity index (χ0v) is 15.8. The van der Waals surface area contributed by atoms with Gasteiger partial charge >= 0.3 is 5.97 Å². The number of rotatable bonds is 2. The summed E-state index contributed by atoms with van der Waals surface area (Å²) in [5.74, 6) is -0.242. The summed E-state index contributed by atoms with van der Waals surface area (Å²) in [7, 11) is 3.19. The van der Waals surface area contributed by atoms with Crippen LogP contribution in [0, 0.1) is 11.8 Å². The maximum absolute atomic E-state index is 13.1. The van der Waals surface area contributed by atoms with Crippen LogP contribution in [0.25, 0.3) is 0 Å². The molecule has 1 N–H and O–H groups in total. The number of phenolic OH excluding ortho intramolecular Hbond substituents is 1. The van der Waals surface area contributed by atoms with Gasteiger partial charge in [-0.2, -0.15) is 0 Å². The van der Waals surface area contributed by atoms with Crippen LogP contribution in [0.1, 0.15) is 25.3 Å². The Morgan fingerprint density at radius 1 is 1.41 bits per heavy atom. The van der Waals surface area contributed by atoms with Crippen molar-refractivity contribution in [2.24, 2.45) is 16.8 Å². The average Bonchev–Trinajstić information content (AvgIpc) is 3.01. The smallest absolute Gasteiger partial charge is 0.310 e. The van der Waals surface area contributed by atoms with Crippen LogP contribution in [-0.4, -0.2) is 54.7 Å². The van der Waals surface area contributed by atoms with Crippen LogP contribution in [0.5, 0.6) is 5.75 Å². The molecule has 0 radical (unpaired) electrons. The summed E-state index contributed by atoms with van der Waals surface area (Å²) in [6.07, 6.45) is 3.52. The molecule has 1 aliphatic carbocycles. The van der Waals surface area contributed by atoms with Crippen LogP contribution < -0.4 is 0 Å². The van der Waals surface area contributed by atoms with Crippen LogP contribution in [0.15, 0.2) is 34.8 Å². The summed E-state index contributed by atoms with van der Waals surface area (Å²) < 4.78 is 11.2. The van der Waals surface area contributed by atoms with Crippen molar-refractivity contribution >= 4 is 17.4 Å². The van der Waals surface area contributed by atoms with Crippen molar-refractivity contribution in [1.82, 2.24) is 4.90 Å². The van der Waals surface area contributed by atoms with E-state index in [4.69, 9.17) is 14.5 Å². The number of methoxy groups -OCH3 is 2. The molecule has 142 valence electrons. The number of hydrogen-bond acceptors (Lipinski definition) is 6. The number of ether oxygens (including phenoxy) is 2. The van der Waals surface area contributed by atoms with Crippen molar-refractivity contribution in [1.29, 1.82) is 0 Å². The minimum absolute atomic E-state index is 0.106. The topological polar surface area (TPSA) is 71.4 Å². The lowest BCUT2D eigenvalue weighted by atomic mass is 9.50. The fraction of sp³-hybridized carbons (Fsp3) is 0.524. The summed E-state index contributed by atoms with van der Waals surface area (Å²) in [4.78, 5) is 20.5. The van der Waals surface area contributed by atoms with E-state index in [9.17, 15) is 9.90 Å². The Hall–Kier alpha value is -2.18. The first-order chi connectivity index (χ1) is 13.0. The van der Waals surface area contributed by atoms with E-state index in [1.165, 1.54) is 12.7 Å². The summed E-state index contributed by atoms with van der Waals surface area (Å²) in [5.41, 5.74) is 3.50. The van der Waals surface area contributed by atoms with Gasteiger partial charge in [0.25, 0.3) is 0 Å². The molecule has 5 atom stereocenters. The van der Waals surface area contributed by atoms with Gasteiger partial charge in [-0.3, -0.25) is 14.7 Å². The van der Waals surface area contributed by atoms with Crippen LogP contribution in [0.4, 0.5) is 5.69 Å². The lowest BCUT2D eigenvalue weighted by Gasteiger charge is -2.61. The number of nitrogens with zero attached hydrogens (tertiary/aromatic N) is 2. The van der Waals surface area contributed by atoms with Crippen molar-refractivity contribution in [3.05, 3.63) is 35.4 Å². The third-order valence-electron chi connectivity index (χ3n) is 7.09. The molecule has 4 aliphatic rings. The van der Waals surface area contributed by atoms with Crippen LogP contribution in [0.2, 0.25) is 0 Å². The monoisotopic (exact) mass is 368 g/mol. The standard InChI is InChI=1S/C21H24N2O4/c1-4-11-10-23-16-8-13(11)18(20(25)27-3)21(9-17(23)26-2)14-7-12(24)5-6-15(14)22-19(16)21/h4-7,13,16-18,24H,8-10H2,1-3H3/b11-4-/t13-,16-,17+,18-,21-/m0/s1. The SMILES string of the molecule is C/C=C1/CN2[C@H](OC)C[C@]34C(=Nc5ccc(O)cc53)[C@@H]2C[C@@H]1[C@H]4C(=O)OC. The normalized spacial score (nSPS) is 37.7. The van der Waals surface area contributed by atoms with Gasteiger partial charge in [-0.1, -0.05) is 11.6 Å². The second kappa shape index (κ2) is 5.66. The van der Waals surface area contributed by atoms with Gasteiger partial charge in [-0.05, 0) is 43.0 Å². The highest BCUT2D eigenvalue weighted by Crippen LogP contribution is 2.61. The predicted octanol–water partition coefficient (Wildman–Crippen LogP) is 2.53. The molecule has 0 amide bonds. The quantitative estimate of drug-likeness (QED) is 0.642. The third kappa shape index (κ3) is 1.97. The van der Waals surface area contributed by atoms with E-state index in [1.807, 2.05) is 13.0 Å². The van der Waals surface area contributed by atoms with E-state index >= 15 is 0 Å². The minimum atomic E-state index is -0.583. The van der Waals surface area contributed by atoms with E-state index < -0.39 is 5.41 Å². The molecule has 0 spiro atoms. The molecule has 1 aromatic carbocycles. The molecule has 0 aromatic heterocycles. The maximum Gasteiger partial charge on any atom is 0.310 e. The van der Waals surface area contributed by atoms with Crippen LogP contribution in [-0.2, 0) is 19.7 Å². The number of benzene rings is 1. The van der Waals surface area contributed by atoms with Crippen molar-refractivity contribution < 1.29 is 19.4 Å². The van der Waals surface area contributed by atoms with E-state index in [0.29, 0.717) is 6.42 Å². The van der Waals surface area contributed by atoms with E-state index in [0.717, 1.165) is 29.9 Å². The minimum Gasteiger partial charge on any atom is -0.508 e. The number of aliphatic imine (C=N–C) groups is 1. The summed E-state index contributed by atoms with van der Waals surface area (Å²) in [5, 5.41) is 10.2. The Morgan fingerprint density at radius 3 is 2.93 bits per heavy atom. The highest BCUT2D eigenvalue weighted by molar-refractivity contribution is 6.10. The molecule has 6 heteroatoms. The molecule has 6 nitrogen and oxygen atoms in total. The number of esters is 1. The van der Waals surface area contributed by atoms with Crippen LogP contribution in [0.3, 0.4) is 0 Å². The molecule has 3 heterocycles. The fourth-order valence-electron chi connectivity index (χ4n) is 6.03. The molecule has 0 unspecified atom stereocenters. The Balaban J connectivity index is 1.81. The number of hydrogen-bond donors (Lipinski definition) is 1. The number of carbonyl (C=O) groups is 1. The fourth-order valence-corrected chi connectivity index (χ4v) is 6.03. The number of aromatic hydroxyl groups is 1. The summed E-state index contributed by atoms with van der Waals surface area (Å²) in [6, 6.07) is 5.44. The number of phenols is 1. The summed E-state index contributed by atoms with van der Waals surface area (Å²) in [6.45, 7) is 2.82. The second-order valence-corrected chi connectivity index (χ2v) is 7.96. The number of piperidine rings is 2. The molecule has 3 fully saturated rings. The summed E-state index contributed by atoms with van der Waals surface area (Å²) >= 11 is 0. The lowest BCUT2D eigenvalue weighted by molar-refractivity contribution is -0.158. The van der Waals surface area contributed by atoms with Gasteiger partial charge in [0.2, 0.25) is 0 Å². The first-order valence-corrected chi connectivity index (χ1v) is 9.49. The van der Waals surface area contributed by atoms with E-state index in [2.05, 4.69) is 11.0 Å². The third-order valence-corrected chi connectivity index (χ3v) is 7.09. The predicted molar refractivity (Wildman–Crippen MR) is 100 cm³/mol. The second-order valence-electron chi connectivity index (χ2n) is 7.96. The van der Waals surface area contributed by atoms with Gasteiger partial charge in [0.1, 0.15) is 12.0 Å². The first-order valence-electron chi connectivity index (χ1n) is 9.49. The van der Waals surface area contributed by atoms with Gasteiger partial charge in [-0.15, -0.1) is 0 Å². The molecular weight excluding hydrogens is 344 g/mol. The average molecular weight is 368 g/mol. The van der Waals surface area contributed by atoms with Gasteiger partial charge in [0.15, 0.2) is 0 Å². The zero-order chi connectivity index (χ0) is 18.9. The van der Waals surface area contributed by atoms with Gasteiger partial charge < -0.3 is 14.6 Å². The van der Waals surface area contributed by atoms with Gasteiger partial charge in [0.05, 0.1) is 30.2 Å². The Bertz CT molecular complexity index is 892. The maximum atomic E-state index is 13.1. The number of fused-ring (bicyclic) bond motifs is 2. The van der Waals surface area contributed by atoms with Crippen molar-refractivity contribution in [2.75, 3.05) is 20.8 Å². The van der Waals surface area contributed by atoms with E-state index in [1.54, 1.807) is 19.2 Å². The first kappa shape index (κ1) is 17.0. The van der Waals surface area contributed by atoms with Crippen LogP contribution >= 0.6 is 0 Å². The Labute approximate surface area is 158 Å². The number of carbonyl (C=O) groups excluding carboxylic acids is 1. The molecule has 1 saturated carbocycles. The molecule has 2 saturated heterocycles.